The third-order valence-electron chi connectivity index (χ3n) is 3.69. The molecule has 0 aliphatic carbocycles. The van der Waals surface area contributed by atoms with E-state index in [0.29, 0.717) is 17.9 Å². The van der Waals surface area contributed by atoms with Crippen molar-refractivity contribution in [3.63, 3.8) is 0 Å². The zero-order chi connectivity index (χ0) is 17.6. The number of amides is 1. The van der Waals surface area contributed by atoms with Crippen molar-refractivity contribution < 1.29 is 9.53 Å². The first-order valence-electron chi connectivity index (χ1n) is 7.99. The minimum absolute atomic E-state index is 0.210. The Bertz CT molecular complexity index is 892. The number of nitrogens with one attached hydrogen (secondary N) is 2. The van der Waals surface area contributed by atoms with Crippen LogP contribution in [0.2, 0.25) is 0 Å². The molecule has 126 valence electrons. The predicted octanol–water partition coefficient (Wildman–Crippen LogP) is 3.69. The van der Waals surface area contributed by atoms with E-state index in [1.165, 1.54) is 12.3 Å². The van der Waals surface area contributed by atoms with E-state index >= 15 is 0 Å². The average Bonchev–Trinajstić information content (AvgIpc) is 2.65. The molecule has 0 spiro atoms. The third-order valence-corrected chi connectivity index (χ3v) is 3.69. The average molecular weight is 334 g/mol. The molecule has 2 aromatic carbocycles. The van der Waals surface area contributed by atoms with E-state index in [9.17, 15) is 9.59 Å². The molecular formula is C20H18N2O3. The fourth-order valence-electron chi connectivity index (χ4n) is 2.42. The zero-order valence-corrected chi connectivity index (χ0v) is 13.8. The van der Waals surface area contributed by atoms with E-state index in [0.717, 1.165) is 16.9 Å². The van der Waals surface area contributed by atoms with Gasteiger partial charge < -0.3 is 15.0 Å². The van der Waals surface area contributed by atoms with Crippen LogP contribution < -0.4 is 15.6 Å². The summed E-state index contributed by atoms with van der Waals surface area (Å²) in [5, 5.41) is 2.74. The van der Waals surface area contributed by atoms with E-state index in [1.807, 2.05) is 43.3 Å². The van der Waals surface area contributed by atoms with Crippen molar-refractivity contribution in [1.82, 2.24) is 4.98 Å². The molecule has 3 aromatic rings. The lowest BCUT2D eigenvalue weighted by atomic mass is 10.0. The maximum atomic E-state index is 12.2. The van der Waals surface area contributed by atoms with Gasteiger partial charge in [0.1, 0.15) is 5.75 Å². The summed E-state index contributed by atoms with van der Waals surface area (Å²) in [5.74, 6) is 0.605. The maximum Gasteiger partial charge on any atom is 0.255 e. The number of hydrogen-bond donors (Lipinski definition) is 2. The zero-order valence-electron chi connectivity index (χ0n) is 13.8. The van der Waals surface area contributed by atoms with Crippen molar-refractivity contribution >= 4 is 11.6 Å². The number of aromatic nitrogens is 1. The molecule has 5 nitrogen and oxygen atoms in total. The number of carbonyl (C=O) groups is 1. The largest absolute Gasteiger partial charge is 0.494 e. The minimum Gasteiger partial charge on any atom is -0.494 e. The highest BCUT2D eigenvalue weighted by molar-refractivity contribution is 6.04. The summed E-state index contributed by atoms with van der Waals surface area (Å²) in [7, 11) is 0. The van der Waals surface area contributed by atoms with Crippen LogP contribution in [-0.4, -0.2) is 17.5 Å². The lowest BCUT2D eigenvalue weighted by Gasteiger charge is -2.07. The van der Waals surface area contributed by atoms with E-state index in [2.05, 4.69) is 10.3 Å². The number of pyridine rings is 1. The lowest BCUT2D eigenvalue weighted by molar-refractivity contribution is 0.102. The van der Waals surface area contributed by atoms with E-state index in [-0.39, 0.29) is 11.5 Å². The van der Waals surface area contributed by atoms with Crippen LogP contribution in [0.15, 0.2) is 71.7 Å². The Kier molecular flexibility index (Phi) is 4.95. The smallest absolute Gasteiger partial charge is 0.255 e. The highest BCUT2D eigenvalue weighted by Crippen LogP contribution is 2.23. The van der Waals surface area contributed by atoms with Gasteiger partial charge in [-0.25, -0.2) is 0 Å². The molecule has 0 saturated carbocycles. The summed E-state index contributed by atoms with van der Waals surface area (Å²) in [6, 6.07) is 18.1. The van der Waals surface area contributed by atoms with Gasteiger partial charge in [0, 0.05) is 17.8 Å². The first-order chi connectivity index (χ1) is 12.2. The highest BCUT2D eigenvalue weighted by atomic mass is 16.5. The topological polar surface area (TPSA) is 71.2 Å². The molecule has 5 heteroatoms. The first kappa shape index (κ1) is 16.5. The lowest BCUT2D eigenvalue weighted by Crippen LogP contribution is -2.13. The van der Waals surface area contributed by atoms with Gasteiger partial charge in [0.25, 0.3) is 5.91 Å². The van der Waals surface area contributed by atoms with Crippen LogP contribution in [0.1, 0.15) is 17.3 Å². The Labute approximate surface area is 145 Å². The molecule has 2 N–H and O–H groups in total. The molecule has 25 heavy (non-hydrogen) atoms. The summed E-state index contributed by atoms with van der Waals surface area (Å²) in [6.45, 7) is 2.59. The van der Waals surface area contributed by atoms with Crippen LogP contribution in [0, 0.1) is 0 Å². The predicted molar refractivity (Wildman–Crippen MR) is 98.1 cm³/mol. The van der Waals surface area contributed by atoms with Gasteiger partial charge in [-0.1, -0.05) is 24.3 Å². The number of ether oxygens (including phenoxy) is 1. The molecule has 1 heterocycles. The summed E-state index contributed by atoms with van der Waals surface area (Å²) in [5.41, 5.74) is 2.94. The van der Waals surface area contributed by atoms with E-state index < -0.39 is 0 Å². The Morgan fingerprint density at radius 2 is 1.60 bits per heavy atom. The Hall–Kier alpha value is -3.34. The number of rotatable bonds is 5. The van der Waals surface area contributed by atoms with Gasteiger partial charge in [0.15, 0.2) is 0 Å². The molecule has 1 amide bonds. The quantitative estimate of drug-likeness (QED) is 0.747. The molecular weight excluding hydrogens is 316 g/mol. The third kappa shape index (κ3) is 4.14. The summed E-state index contributed by atoms with van der Waals surface area (Å²) >= 11 is 0. The first-order valence-corrected chi connectivity index (χ1v) is 7.99. The normalized spacial score (nSPS) is 10.3. The molecule has 0 bridgehead atoms. The number of anilines is 1. The van der Waals surface area contributed by atoms with Gasteiger partial charge in [-0.05, 0) is 48.4 Å². The number of carbonyl (C=O) groups excluding carboxylic acids is 1. The molecule has 0 radical (unpaired) electrons. The molecule has 0 aliphatic heterocycles. The second-order valence-corrected chi connectivity index (χ2v) is 5.43. The Morgan fingerprint density at radius 1 is 0.960 bits per heavy atom. The van der Waals surface area contributed by atoms with Gasteiger partial charge >= 0.3 is 0 Å². The van der Waals surface area contributed by atoms with Crippen molar-refractivity contribution in [2.45, 2.75) is 6.92 Å². The number of H-pyrrole nitrogens is 1. The van der Waals surface area contributed by atoms with Gasteiger partial charge in [0.05, 0.1) is 12.3 Å². The second kappa shape index (κ2) is 7.49. The van der Waals surface area contributed by atoms with Crippen LogP contribution in [0.4, 0.5) is 5.69 Å². The molecule has 0 saturated heterocycles. The number of aromatic amines is 1. The van der Waals surface area contributed by atoms with Crippen LogP contribution in [0.25, 0.3) is 11.1 Å². The molecule has 0 unspecified atom stereocenters. The van der Waals surface area contributed by atoms with Crippen molar-refractivity contribution in [3.8, 4) is 16.9 Å². The highest BCUT2D eigenvalue weighted by Gasteiger charge is 2.07. The minimum atomic E-state index is -0.231. The summed E-state index contributed by atoms with van der Waals surface area (Å²) in [6.07, 6.45) is 1.47. The number of benzene rings is 2. The Balaban J connectivity index is 1.71. The van der Waals surface area contributed by atoms with Crippen molar-refractivity contribution in [1.29, 1.82) is 0 Å². The maximum absolute atomic E-state index is 12.2. The fraction of sp³-hybridized carbons (Fsp3) is 0.100. The number of hydrogen-bond acceptors (Lipinski definition) is 3. The van der Waals surface area contributed by atoms with E-state index in [4.69, 9.17) is 4.74 Å². The van der Waals surface area contributed by atoms with Gasteiger partial charge in [0.2, 0.25) is 5.56 Å². The molecule has 0 aliphatic rings. The van der Waals surface area contributed by atoms with Crippen LogP contribution >= 0.6 is 0 Å². The van der Waals surface area contributed by atoms with Gasteiger partial charge in [-0.15, -0.1) is 0 Å². The van der Waals surface area contributed by atoms with Crippen LogP contribution in [0.5, 0.6) is 5.75 Å². The summed E-state index contributed by atoms with van der Waals surface area (Å²) in [4.78, 5) is 25.8. The van der Waals surface area contributed by atoms with Gasteiger partial charge in [-0.3, -0.25) is 9.59 Å². The van der Waals surface area contributed by atoms with Crippen LogP contribution in [0.3, 0.4) is 0 Å². The van der Waals surface area contributed by atoms with Crippen LogP contribution in [-0.2, 0) is 0 Å². The Morgan fingerprint density at radius 3 is 2.16 bits per heavy atom. The summed E-state index contributed by atoms with van der Waals surface area (Å²) < 4.78 is 5.44. The SMILES string of the molecule is CCOc1ccc(-c2ccc(C(=O)Nc3ccc(=O)[nH]c3)cc2)cc1. The monoisotopic (exact) mass is 334 g/mol. The fourth-order valence-corrected chi connectivity index (χ4v) is 2.42. The molecule has 3 rings (SSSR count). The molecule has 0 fully saturated rings. The van der Waals surface area contributed by atoms with Crippen molar-refractivity contribution in [2.24, 2.45) is 0 Å². The standard InChI is InChI=1S/C20H18N2O3/c1-2-25-18-10-7-15(8-11-18)14-3-5-16(6-4-14)20(24)22-17-9-12-19(23)21-13-17/h3-13H,2H2,1H3,(H,21,23)(H,22,24). The van der Waals surface area contributed by atoms with E-state index in [1.54, 1.807) is 18.2 Å². The van der Waals surface area contributed by atoms with Gasteiger partial charge in [-0.2, -0.15) is 0 Å². The van der Waals surface area contributed by atoms with Crippen molar-refractivity contribution in [3.05, 3.63) is 82.8 Å². The van der Waals surface area contributed by atoms with Crippen molar-refractivity contribution in [2.75, 3.05) is 11.9 Å². The molecule has 1 aromatic heterocycles. The molecule has 0 atom stereocenters. The second-order valence-electron chi connectivity index (χ2n) is 5.43.